The number of ketones is 1. The maximum Gasteiger partial charge on any atom is 0.185 e. The SMILES string of the molecule is CCOc1cc(C=CC(=O)c2ccc(O)cc2)cc(Br)c1OCC. The Hall–Kier alpha value is -2.27. The van der Waals surface area contributed by atoms with Crippen LogP contribution >= 0.6 is 15.9 Å². The van der Waals surface area contributed by atoms with Crippen molar-refractivity contribution in [3.05, 3.63) is 58.1 Å². The van der Waals surface area contributed by atoms with Crippen molar-refractivity contribution >= 4 is 27.8 Å². The summed E-state index contributed by atoms with van der Waals surface area (Å²) in [5.41, 5.74) is 1.33. The predicted molar refractivity (Wildman–Crippen MR) is 98.0 cm³/mol. The maximum atomic E-state index is 12.2. The molecule has 0 atom stereocenters. The first-order valence-corrected chi connectivity index (χ1v) is 8.45. The second-order valence-electron chi connectivity index (χ2n) is 4.94. The number of phenolic OH excluding ortho intramolecular Hbond substituents is 1. The summed E-state index contributed by atoms with van der Waals surface area (Å²) in [6, 6.07) is 9.85. The molecule has 126 valence electrons. The van der Waals surface area contributed by atoms with Crippen molar-refractivity contribution in [1.82, 2.24) is 0 Å². The monoisotopic (exact) mass is 390 g/mol. The molecular formula is C19H19BrO4. The van der Waals surface area contributed by atoms with Crippen LogP contribution in [0.15, 0.2) is 46.9 Å². The fourth-order valence-corrected chi connectivity index (χ4v) is 2.70. The summed E-state index contributed by atoms with van der Waals surface area (Å²) in [5.74, 6) is 1.28. The number of carbonyl (C=O) groups is 1. The van der Waals surface area contributed by atoms with Gasteiger partial charge in [-0.25, -0.2) is 0 Å². The maximum absolute atomic E-state index is 12.2. The minimum Gasteiger partial charge on any atom is -0.508 e. The van der Waals surface area contributed by atoms with Crippen molar-refractivity contribution in [2.45, 2.75) is 13.8 Å². The molecule has 0 heterocycles. The molecule has 0 aromatic heterocycles. The summed E-state index contributed by atoms with van der Waals surface area (Å²) in [7, 11) is 0. The van der Waals surface area contributed by atoms with Gasteiger partial charge < -0.3 is 14.6 Å². The van der Waals surface area contributed by atoms with Gasteiger partial charge in [-0.3, -0.25) is 4.79 Å². The van der Waals surface area contributed by atoms with Gasteiger partial charge in [0.1, 0.15) is 5.75 Å². The third-order valence-electron chi connectivity index (χ3n) is 3.20. The largest absolute Gasteiger partial charge is 0.508 e. The van der Waals surface area contributed by atoms with Crippen LogP contribution in [-0.2, 0) is 0 Å². The van der Waals surface area contributed by atoms with Gasteiger partial charge in [0.25, 0.3) is 0 Å². The standard InChI is InChI=1S/C19H19BrO4/c1-3-23-18-12-13(11-16(20)19(18)24-4-2)5-10-17(22)14-6-8-15(21)9-7-14/h5-12,21H,3-4H2,1-2H3. The lowest BCUT2D eigenvalue weighted by molar-refractivity contribution is 0.104. The number of carbonyl (C=O) groups excluding carboxylic acids is 1. The highest BCUT2D eigenvalue weighted by molar-refractivity contribution is 9.10. The zero-order valence-electron chi connectivity index (χ0n) is 13.6. The van der Waals surface area contributed by atoms with E-state index in [0.717, 1.165) is 10.0 Å². The normalized spacial score (nSPS) is 10.8. The Morgan fingerprint density at radius 1 is 1.12 bits per heavy atom. The third-order valence-corrected chi connectivity index (χ3v) is 3.79. The molecule has 0 bridgehead atoms. The second-order valence-corrected chi connectivity index (χ2v) is 5.79. The molecule has 0 unspecified atom stereocenters. The van der Waals surface area contributed by atoms with Crippen LogP contribution in [0.3, 0.4) is 0 Å². The molecule has 2 aromatic carbocycles. The molecule has 0 saturated heterocycles. The van der Waals surface area contributed by atoms with Gasteiger partial charge in [-0.05, 0) is 77.8 Å². The molecule has 0 aliphatic carbocycles. The molecule has 4 nitrogen and oxygen atoms in total. The van der Waals surface area contributed by atoms with Crippen LogP contribution < -0.4 is 9.47 Å². The first kappa shape index (κ1) is 18.1. The predicted octanol–water partition coefficient (Wildman–Crippen LogP) is 4.85. The minimum absolute atomic E-state index is 0.132. The Bertz CT molecular complexity index is 736. The molecule has 0 aliphatic heterocycles. The van der Waals surface area contributed by atoms with Crippen LogP contribution in [0, 0.1) is 0 Å². The summed E-state index contributed by atoms with van der Waals surface area (Å²) >= 11 is 3.48. The van der Waals surface area contributed by atoms with E-state index in [1.54, 1.807) is 18.2 Å². The molecule has 0 spiro atoms. The van der Waals surface area contributed by atoms with E-state index in [1.165, 1.54) is 18.2 Å². The molecule has 2 aromatic rings. The van der Waals surface area contributed by atoms with E-state index in [0.29, 0.717) is 30.3 Å². The Morgan fingerprint density at radius 2 is 1.79 bits per heavy atom. The highest BCUT2D eigenvalue weighted by Crippen LogP contribution is 2.37. The lowest BCUT2D eigenvalue weighted by Gasteiger charge is -2.13. The summed E-state index contributed by atoms with van der Waals surface area (Å²) in [5, 5.41) is 9.27. The molecule has 24 heavy (non-hydrogen) atoms. The number of phenols is 1. The molecule has 0 aliphatic rings. The van der Waals surface area contributed by atoms with Crippen LogP contribution in [0.4, 0.5) is 0 Å². The van der Waals surface area contributed by atoms with Crippen LogP contribution in [0.5, 0.6) is 17.2 Å². The molecule has 5 heteroatoms. The number of aromatic hydroxyl groups is 1. The molecular weight excluding hydrogens is 372 g/mol. The van der Waals surface area contributed by atoms with E-state index < -0.39 is 0 Å². The third kappa shape index (κ3) is 4.61. The lowest BCUT2D eigenvalue weighted by Crippen LogP contribution is -1.99. The van der Waals surface area contributed by atoms with Gasteiger partial charge in [0.05, 0.1) is 17.7 Å². The van der Waals surface area contributed by atoms with E-state index in [-0.39, 0.29) is 11.5 Å². The molecule has 0 radical (unpaired) electrons. The first-order valence-electron chi connectivity index (χ1n) is 7.65. The van der Waals surface area contributed by atoms with Gasteiger partial charge in [-0.1, -0.05) is 6.08 Å². The van der Waals surface area contributed by atoms with Crippen molar-refractivity contribution in [2.24, 2.45) is 0 Å². The van der Waals surface area contributed by atoms with Crippen molar-refractivity contribution < 1.29 is 19.4 Å². The average Bonchev–Trinajstić information content (AvgIpc) is 2.56. The molecule has 1 N–H and O–H groups in total. The topological polar surface area (TPSA) is 55.8 Å². The fourth-order valence-electron chi connectivity index (χ4n) is 2.13. The highest BCUT2D eigenvalue weighted by atomic mass is 79.9. The van der Waals surface area contributed by atoms with Gasteiger partial charge in [0, 0.05) is 5.56 Å². The van der Waals surface area contributed by atoms with E-state index in [4.69, 9.17) is 9.47 Å². The van der Waals surface area contributed by atoms with Crippen LogP contribution in [0.1, 0.15) is 29.8 Å². The molecule has 2 rings (SSSR count). The van der Waals surface area contributed by atoms with E-state index in [9.17, 15) is 9.90 Å². The summed E-state index contributed by atoms with van der Waals surface area (Å²) in [6.07, 6.45) is 3.21. The van der Waals surface area contributed by atoms with Gasteiger partial charge in [0.15, 0.2) is 17.3 Å². The molecule has 0 amide bonds. The smallest absolute Gasteiger partial charge is 0.185 e. The Labute approximate surface area is 149 Å². The number of hydrogen-bond donors (Lipinski definition) is 1. The number of hydrogen-bond acceptors (Lipinski definition) is 4. The molecule has 0 fully saturated rings. The first-order chi connectivity index (χ1) is 11.5. The van der Waals surface area contributed by atoms with E-state index in [1.807, 2.05) is 26.0 Å². The van der Waals surface area contributed by atoms with Gasteiger partial charge in [0.2, 0.25) is 0 Å². The second kappa shape index (κ2) is 8.55. The average molecular weight is 391 g/mol. The van der Waals surface area contributed by atoms with Crippen molar-refractivity contribution in [3.63, 3.8) is 0 Å². The van der Waals surface area contributed by atoms with Crippen LogP contribution in [-0.4, -0.2) is 24.1 Å². The summed E-state index contributed by atoms with van der Waals surface area (Å²) in [4.78, 5) is 12.2. The summed E-state index contributed by atoms with van der Waals surface area (Å²) < 4.78 is 12.0. The quantitative estimate of drug-likeness (QED) is 0.542. The molecule has 0 saturated carbocycles. The number of allylic oxidation sites excluding steroid dienone is 1. The highest BCUT2D eigenvalue weighted by Gasteiger charge is 2.11. The van der Waals surface area contributed by atoms with Gasteiger partial charge in [-0.15, -0.1) is 0 Å². The van der Waals surface area contributed by atoms with Gasteiger partial charge in [-0.2, -0.15) is 0 Å². The lowest BCUT2D eigenvalue weighted by atomic mass is 10.1. The minimum atomic E-state index is -0.141. The number of halogens is 1. The van der Waals surface area contributed by atoms with Crippen LogP contribution in [0.25, 0.3) is 6.08 Å². The van der Waals surface area contributed by atoms with Crippen LogP contribution in [0.2, 0.25) is 0 Å². The summed E-state index contributed by atoms with van der Waals surface area (Å²) in [6.45, 7) is 4.87. The number of ether oxygens (including phenoxy) is 2. The number of benzene rings is 2. The zero-order chi connectivity index (χ0) is 17.5. The van der Waals surface area contributed by atoms with Crippen molar-refractivity contribution in [2.75, 3.05) is 13.2 Å². The Kier molecular flexibility index (Phi) is 6.44. The van der Waals surface area contributed by atoms with Crippen molar-refractivity contribution in [1.29, 1.82) is 0 Å². The Morgan fingerprint density at radius 3 is 2.42 bits per heavy atom. The zero-order valence-corrected chi connectivity index (χ0v) is 15.2. The van der Waals surface area contributed by atoms with E-state index in [2.05, 4.69) is 15.9 Å². The number of rotatable bonds is 7. The van der Waals surface area contributed by atoms with Gasteiger partial charge >= 0.3 is 0 Å². The van der Waals surface area contributed by atoms with E-state index >= 15 is 0 Å². The van der Waals surface area contributed by atoms with Crippen molar-refractivity contribution in [3.8, 4) is 17.2 Å². The Balaban J connectivity index is 2.25. The fraction of sp³-hybridized carbons (Fsp3) is 0.211.